The van der Waals surface area contributed by atoms with Crippen LogP contribution in [0.15, 0.2) is 41.3 Å². The van der Waals surface area contributed by atoms with E-state index in [0.717, 1.165) is 33.9 Å². The van der Waals surface area contributed by atoms with E-state index >= 15 is 0 Å². The summed E-state index contributed by atoms with van der Waals surface area (Å²) in [4.78, 5) is 30.9. The number of aromatic nitrogens is 2. The molecule has 0 radical (unpaired) electrons. The average molecular weight is 390 g/mol. The summed E-state index contributed by atoms with van der Waals surface area (Å²) in [6, 6.07) is 10.9. The normalized spacial score (nSPS) is 16.0. The molecule has 1 aliphatic heterocycles. The summed E-state index contributed by atoms with van der Waals surface area (Å²) < 4.78 is 0. The predicted molar refractivity (Wildman–Crippen MR) is 101 cm³/mol. The lowest BCUT2D eigenvalue weighted by Crippen LogP contribution is -2.17. The van der Waals surface area contributed by atoms with E-state index in [4.69, 9.17) is 23.2 Å². The molecule has 4 rings (SSSR count). The van der Waals surface area contributed by atoms with Crippen molar-refractivity contribution < 1.29 is 9.59 Å². The monoisotopic (exact) mass is 389 g/mol. The summed E-state index contributed by atoms with van der Waals surface area (Å²) in [5.74, 6) is 0.320. The third-order valence-corrected chi connectivity index (χ3v) is 5.18. The fourth-order valence-electron chi connectivity index (χ4n) is 2.45. The van der Waals surface area contributed by atoms with Gasteiger partial charge in [0.05, 0.1) is 26.0 Å². The van der Waals surface area contributed by atoms with Crippen LogP contribution in [-0.4, -0.2) is 21.1 Å². The van der Waals surface area contributed by atoms with Crippen molar-refractivity contribution in [2.75, 3.05) is 0 Å². The molecule has 1 aliphatic rings. The Balaban J connectivity index is 1.65. The molecule has 1 aromatic heterocycles. The molecule has 8 heteroatoms. The van der Waals surface area contributed by atoms with Crippen LogP contribution in [0.25, 0.3) is 28.5 Å². The Labute approximate surface area is 156 Å². The van der Waals surface area contributed by atoms with Gasteiger partial charge < -0.3 is 4.98 Å². The molecule has 0 spiro atoms. The highest BCUT2D eigenvalue weighted by atomic mass is 35.5. The summed E-state index contributed by atoms with van der Waals surface area (Å²) >= 11 is 12.9. The van der Waals surface area contributed by atoms with Gasteiger partial charge in [0.2, 0.25) is 0 Å². The third kappa shape index (κ3) is 3.16. The number of aromatic amines is 1. The largest absolute Gasteiger partial charge is 0.338 e. The second kappa shape index (κ2) is 6.22. The van der Waals surface area contributed by atoms with Crippen LogP contribution in [-0.2, 0) is 4.79 Å². The van der Waals surface area contributed by atoms with Crippen LogP contribution in [0.4, 0.5) is 4.79 Å². The van der Waals surface area contributed by atoms with Gasteiger partial charge in [0.25, 0.3) is 11.1 Å². The van der Waals surface area contributed by atoms with Crippen LogP contribution < -0.4 is 5.32 Å². The Hall–Kier alpha value is -2.28. The quantitative estimate of drug-likeness (QED) is 0.613. The first-order valence-corrected chi connectivity index (χ1v) is 8.77. The van der Waals surface area contributed by atoms with Gasteiger partial charge in [0.1, 0.15) is 5.82 Å². The molecule has 2 aromatic carbocycles. The highest BCUT2D eigenvalue weighted by Crippen LogP contribution is 2.29. The standard InChI is InChI=1S/C17H9Cl2N3O2S/c18-10-6-12-13(7-11(10)19)21-15(20-12)9-3-1-8(2-4-9)5-14-16(23)22-17(24)25-14/h1-7H,(H,20,21)(H,22,23,24)/b14-5+. The summed E-state index contributed by atoms with van der Waals surface area (Å²) in [6.45, 7) is 0. The second-order valence-electron chi connectivity index (χ2n) is 5.34. The van der Waals surface area contributed by atoms with Crippen LogP contribution in [0.3, 0.4) is 0 Å². The van der Waals surface area contributed by atoms with Gasteiger partial charge in [-0.1, -0.05) is 47.5 Å². The minimum absolute atomic E-state index is 0.354. The lowest BCUT2D eigenvalue weighted by Gasteiger charge is -1.99. The smallest absolute Gasteiger partial charge is 0.290 e. The highest BCUT2D eigenvalue weighted by Gasteiger charge is 2.24. The Kier molecular flexibility index (Phi) is 4.03. The number of thioether (sulfide) groups is 1. The molecule has 25 heavy (non-hydrogen) atoms. The number of imide groups is 1. The zero-order valence-corrected chi connectivity index (χ0v) is 14.8. The second-order valence-corrected chi connectivity index (χ2v) is 7.17. The van der Waals surface area contributed by atoms with Gasteiger partial charge in [-0.2, -0.15) is 0 Å². The summed E-state index contributed by atoms with van der Waals surface area (Å²) in [5, 5.41) is 2.80. The van der Waals surface area contributed by atoms with Crippen LogP contribution in [0.1, 0.15) is 5.56 Å². The Morgan fingerprint density at radius 1 is 1.04 bits per heavy atom. The zero-order chi connectivity index (χ0) is 17.6. The van der Waals surface area contributed by atoms with E-state index in [1.165, 1.54) is 0 Å². The first-order valence-electron chi connectivity index (χ1n) is 7.20. The van der Waals surface area contributed by atoms with Gasteiger partial charge in [-0.05, 0) is 35.5 Å². The average Bonchev–Trinajstić information content (AvgIpc) is 3.11. The van der Waals surface area contributed by atoms with Crippen LogP contribution in [0.2, 0.25) is 10.0 Å². The highest BCUT2D eigenvalue weighted by molar-refractivity contribution is 8.18. The molecule has 2 heterocycles. The molecule has 0 unspecified atom stereocenters. The lowest BCUT2D eigenvalue weighted by atomic mass is 10.1. The van der Waals surface area contributed by atoms with Crippen molar-refractivity contribution in [1.82, 2.24) is 15.3 Å². The number of H-pyrrole nitrogens is 1. The molecule has 1 saturated heterocycles. The van der Waals surface area contributed by atoms with E-state index in [0.29, 0.717) is 20.8 Å². The predicted octanol–water partition coefficient (Wildman–Crippen LogP) is 4.86. The fraction of sp³-hybridized carbons (Fsp3) is 0. The van der Waals surface area contributed by atoms with Crippen molar-refractivity contribution in [1.29, 1.82) is 0 Å². The molecule has 2 amide bonds. The number of benzene rings is 2. The molecule has 0 bridgehead atoms. The maximum absolute atomic E-state index is 11.6. The first-order chi connectivity index (χ1) is 12.0. The van der Waals surface area contributed by atoms with Gasteiger partial charge in [-0.3, -0.25) is 14.9 Å². The molecule has 124 valence electrons. The van der Waals surface area contributed by atoms with E-state index in [1.807, 2.05) is 24.3 Å². The van der Waals surface area contributed by atoms with Crippen LogP contribution in [0.5, 0.6) is 0 Å². The molecule has 1 fully saturated rings. The van der Waals surface area contributed by atoms with E-state index < -0.39 is 0 Å². The Morgan fingerprint density at radius 2 is 1.76 bits per heavy atom. The number of rotatable bonds is 2. The first kappa shape index (κ1) is 16.2. The minimum atomic E-state index is -0.370. The SMILES string of the molecule is O=C1NC(=O)/C(=C\c2ccc(-c3nc4cc(Cl)c(Cl)cc4[nH]3)cc2)S1. The van der Waals surface area contributed by atoms with E-state index in [1.54, 1.807) is 18.2 Å². The molecule has 5 nitrogen and oxygen atoms in total. The maximum atomic E-state index is 11.6. The Bertz CT molecular complexity index is 1020. The van der Waals surface area contributed by atoms with Gasteiger partial charge in [0, 0.05) is 5.56 Å². The van der Waals surface area contributed by atoms with E-state index in [2.05, 4.69) is 15.3 Å². The van der Waals surface area contributed by atoms with E-state index in [9.17, 15) is 9.59 Å². The number of carbonyl (C=O) groups excluding carboxylic acids is 2. The minimum Gasteiger partial charge on any atom is -0.338 e. The van der Waals surface area contributed by atoms with Crippen molar-refractivity contribution in [3.8, 4) is 11.4 Å². The number of hydrogen-bond donors (Lipinski definition) is 2. The number of nitrogens with one attached hydrogen (secondary N) is 2. The molecular weight excluding hydrogens is 381 g/mol. The fourth-order valence-corrected chi connectivity index (χ4v) is 3.46. The van der Waals surface area contributed by atoms with Crippen LogP contribution >= 0.6 is 35.0 Å². The molecular formula is C17H9Cl2N3O2S. The van der Waals surface area contributed by atoms with E-state index in [-0.39, 0.29) is 11.1 Å². The topological polar surface area (TPSA) is 74.8 Å². The summed E-state index contributed by atoms with van der Waals surface area (Å²) in [7, 11) is 0. The van der Waals surface area contributed by atoms with Crippen molar-refractivity contribution in [3.05, 3.63) is 56.9 Å². The summed E-state index contributed by atoms with van der Waals surface area (Å²) in [6.07, 6.45) is 1.67. The number of carbonyl (C=O) groups is 2. The maximum Gasteiger partial charge on any atom is 0.290 e. The molecule has 2 N–H and O–H groups in total. The molecule has 0 saturated carbocycles. The lowest BCUT2D eigenvalue weighted by molar-refractivity contribution is -0.115. The number of halogens is 2. The third-order valence-electron chi connectivity index (χ3n) is 3.65. The molecule has 0 atom stereocenters. The number of hydrogen-bond acceptors (Lipinski definition) is 4. The van der Waals surface area contributed by atoms with Gasteiger partial charge in [-0.15, -0.1) is 0 Å². The summed E-state index contributed by atoms with van der Waals surface area (Å²) in [5.41, 5.74) is 3.23. The molecule has 0 aliphatic carbocycles. The Morgan fingerprint density at radius 3 is 2.44 bits per heavy atom. The van der Waals surface area contributed by atoms with Crippen molar-refractivity contribution >= 4 is 63.2 Å². The van der Waals surface area contributed by atoms with Gasteiger partial charge >= 0.3 is 0 Å². The number of nitrogens with zero attached hydrogens (tertiary/aromatic N) is 1. The van der Waals surface area contributed by atoms with Crippen molar-refractivity contribution in [2.45, 2.75) is 0 Å². The number of imidazole rings is 1. The van der Waals surface area contributed by atoms with Crippen molar-refractivity contribution in [2.24, 2.45) is 0 Å². The van der Waals surface area contributed by atoms with Gasteiger partial charge in [0.15, 0.2) is 0 Å². The van der Waals surface area contributed by atoms with Crippen molar-refractivity contribution in [3.63, 3.8) is 0 Å². The zero-order valence-electron chi connectivity index (χ0n) is 12.5. The van der Waals surface area contributed by atoms with Crippen LogP contribution in [0, 0.1) is 0 Å². The number of fused-ring (bicyclic) bond motifs is 1. The molecule has 3 aromatic rings. The van der Waals surface area contributed by atoms with Gasteiger partial charge in [-0.25, -0.2) is 4.98 Å². The number of amides is 2.